The summed E-state index contributed by atoms with van der Waals surface area (Å²) in [7, 11) is 0. The van der Waals surface area contributed by atoms with Gasteiger partial charge in [0.15, 0.2) is 0 Å². The van der Waals surface area contributed by atoms with E-state index in [0.717, 1.165) is 30.6 Å². The molecule has 0 aromatic heterocycles. The number of hydrogen-bond donors (Lipinski definition) is 1. The van der Waals surface area contributed by atoms with Crippen molar-refractivity contribution in [3.05, 3.63) is 41.5 Å². The van der Waals surface area contributed by atoms with Gasteiger partial charge in [0, 0.05) is 18.7 Å². The minimum Gasteiger partial charge on any atom is -0.376 e. The third-order valence-corrected chi connectivity index (χ3v) is 3.06. The zero-order valence-corrected chi connectivity index (χ0v) is 10.7. The maximum Gasteiger partial charge on any atom is 0.247 e. The quantitative estimate of drug-likeness (QED) is 0.827. The van der Waals surface area contributed by atoms with E-state index in [1.807, 2.05) is 43.3 Å². The van der Waals surface area contributed by atoms with E-state index >= 15 is 0 Å². The first-order valence-electron chi connectivity index (χ1n) is 6.39. The molecule has 1 aliphatic rings. The van der Waals surface area contributed by atoms with Crippen LogP contribution in [0.2, 0.25) is 0 Å². The Bertz CT molecular complexity index is 419. The zero-order valence-electron chi connectivity index (χ0n) is 10.7. The molecule has 1 aromatic carbocycles. The Hall–Kier alpha value is -1.61. The van der Waals surface area contributed by atoms with Gasteiger partial charge in [-0.15, -0.1) is 0 Å². The van der Waals surface area contributed by atoms with Gasteiger partial charge in [0.25, 0.3) is 0 Å². The van der Waals surface area contributed by atoms with E-state index in [2.05, 4.69) is 5.32 Å². The second-order valence-corrected chi connectivity index (χ2v) is 4.58. The van der Waals surface area contributed by atoms with Crippen LogP contribution in [-0.4, -0.2) is 25.2 Å². The molecule has 1 aromatic rings. The Kier molecular flexibility index (Phi) is 4.53. The van der Waals surface area contributed by atoms with Crippen molar-refractivity contribution in [3.8, 4) is 0 Å². The van der Waals surface area contributed by atoms with Crippen molar-refractivity contribution < 1.29 is 9.53 Å². The van der Waals surface area contributed by atoms with Gasteiger partial charge in [-0.3, -0.25) is 4.79 Å². The number of benzene rings is 1. The lowest BCUT2D eigenvalue weighted by molar-refractivity contribution is -0.117. The van der Waals surface area contributed by atoms with Gasteiger partial charge in [0.05, 0.1) is 6.10 Å². The van der Waals surface area contributed by atoms with Crippen LogP contribution in [-0.2, 0) is 9.53 Å². The summed E-state index contributed by atoms with van der Waals surface area (Å²) in [6, 6.07) is 9.85. The Morgan fingerprint density at radius 2 is 2.22 bits per heavy atom. The summed E-state index contributed by atoms with van der Waals surface area (Å²) >= 11 is 0. The Balaban J connectivity index is 1.86. The largest absolute Gasteiger partial charge is 0.376 e. The van der Waals surface area contributed by atoms with Crippen molar-refractivity contribution in [1.82, 2.24) is 5.32 Å². The lowest BCUT2D eigenvalue weighted by atomic mass is 10.1. The average molecular weight is 245 g/mol. The molecule has 0 saturated carbocycles. The van der Waals surface area contributed by atoms with Gasteiger partial charge in [0.2, 0.25) is 5.91 Å². The molecule has 3 nitrogen and oxygen atoms in total. The first-order valence-corrected chi connectivity index (χ1v) is 6.39. The minimum atomic E-state index is -0.0191. The first kappa shape index (κ1) is 12.8. The van der Waals surface area contributed by atoms with Gasteiger partial charge in [-0.1, -0.05) is 30.3 Å². The van der Waals surface area contributed by atoms with Gasteiger partial charge in [-0.05, 0) is 31.4 Å². The monoisotopic (exact) mass is 245 g/mol. The smallest absolute Gasteiger partial charge is 0.247 e. The summed E-state index contributed by atoms with van der Waals surface area (Å²) in [4.78, 5) is 11.9. The molecule has 1 aliphatic heterocycles. The predicted molar refractivity (Wildman–Crippen MR) is 72.1 cm³/mol. The minimum absolute atomic E-state index is 0.0191. The van der Waals surface area contributed by atoms with Crippen LogP contribution in [0.3, 0.4) is 0 Å². The molecule has 96 valence electrons. The molecule has 1 unspecified atom stereocenters. The maximum atomic E-state index is 11.9. The first-order chi connectivity index (χ1) is 8.75. The fraction of sp³-hybridized carbons (Fsp3) is 0.400. The summed E-state index contributed by atoms with van der Waals surface area (Å²) in [5.74, 6) is -0.0191. The SMILES string of the molecule is C/C(=C\c1ccccc1)C(=O)NCC1CCCO1. The van der Waals surface area contributed by atoms with Crippen LogP contribution in [0.15, 0.2) is 35.9 Å². The Morgan fingerprint density at radius 1 is 1.44 bits per heavy atom. The molecule has 2 rings (SSSR count). The van der Waals surface area contributed by atoms with Crippen LogP contribution in [0.25, 0.3) is 6.08 Å². The van der Waals surface area contributed by atoms with E-state index in [0.29, 0.717) is 6.54 Å². The van der Waals surface area contributed by atoms with Crippen molar-refractivity contribution >= 4 is 12.0 Å². The van der Waals surface area contributed by atoms with Crippen LogP contribution in [0.1, 0.15) is 25.3 Å². The van der Waals surface area contributed by atoms with Crippen LogP contribution in [0.4, 0.5) is 0 Å². The van der Waals surface area contributed by atoms with Gasteiger partial charge >= 0.3 is 0 Å². The number of hydrogen-bond acceptors (Lipinski definition) is 2. The molecule has 3 heteroatoms. The van der Waals surface area contributed by atoms with Crippen LogP contribution >= 0.6 is 0 Å². The topological polar surface area (TPSA) is 38.3 Å². The van der Waals surface area contributed by atoms with Crippen LogP contribution in [0.5, 0.6) is 0 Å². The maximum absolute atomic E-state index is 11.9. The third kappa shape index (κ3) is 3.70. The number of nitrogens with one attached hydrogen (secondary N) is 1. The van der Waals surface area contributed by atoms with Gasteiger partial charge in [-0.2, -0.15) is 0 Å². The van der Waals surface area contributed by atoms with Crippen LogP contribution in [0, 0.1) is 0 Å². The molecule has 18 heavy (non-hydrogen) atoms. The Labute approximate surface area is 108 Å². The molecule has 1 saturated heterocycles. The second-order valence-electron chi connectivity index (χ2n) is 4.58. The molecule has 0 bridgehead atoms. The van der Waals surface area contributed by atoms with E-state index in [9.17, 15) is 4.79 Å². The standard InChI is InChI=1S/C15H19NO2/c1-12(10-13-6-3-2-4-7-13)15(17)16-11-14-8-5-9-18-14/h2-4,6-7,10,14H,5,8-9,11H2,1H3,(H,16,17)/b12-10+. The van der Waals surface area contributed by atoms with Crippen molar-refractivity contribution in [2.75, 3.05) is 13.2 Å². The average Bonchev–Trinajstić information content (AvgIpc) is 2.90. The van der Waals surface area contributed by atoms with E-state index < -0.39 is 0 Å². The summed E-state index contributed by atoms with van der Waals surface area (Å²) in [6.45, 7) is 3.26. The van der Waals surface area contributed by atoms with E-state index in [1.165, 1.54) is 0 Å². The number of carbonyl (C=O) groups is 1. The highest BCUT2D eigenvalue weighted by Crippen LogP contribution is 2.11. The summed E-state index contributed by atoms with van der Waals surface area (Å²) in [6.07, 6.45) is 4.23. The predicted octanol–water partition coefficient (Wildman–Crippen LogP) is 2.39. The van der Waals surface area contributed by atoms with Gasteiger partial charge in [0.1, 0.15) is 0 Å². The summed E-state index contributed by atoms with van der Waals surface area (Å²) in [5, 5.41) is 2.91. The number of carbonyl (C=O) groups excluding carboxylic acids is 1. The number of ether oxygens (including phenoxy) is 1. The van der Waals surface area contributed by atoms with Crippen molar-refractivity contribution in [3.63, 3.8) is 0 Å². The van der Waals surface area contributed by atoms with Gasteiger partial charge < -0.3 is 10.1 Å². The summed E-state index contributed by atoms with van der Waals surface area (Å²) < 4.78 is 5.47. The molecule has 0 aliphatic carbocycles. The molecular weight excluding hydrogens is 226 g/mol. The second kappa shape index (κ2) is 6.36. The normalized spacial score (nSPS) is 19.8. The van der Waals surface area contributed by atoms with E-state index in [-0.39, 0.29) is 12.0 Å². The number of amides is 1. The van der Waals surface area contributed by atoms with Crippen molar-refractivity contribution in [2.24, 2.45) is 0 Å². The molecule has 0 radical (unpaired) electrons. The molecule has 1 heterocycles. The zero-order chi connectivity index (χ0) is 12.8. The highest BCUT2D eigenvalue weighted by Gasteiger charge is 2.16. The van der Waals surface area contributed by atoms with Crippen molar-refractivity contribution in [1.29, 1.82) is 0 Å². The fourth-order valence-corrected chi connectivity index (χ4v) is 2.02. The highest BCUT2D eigenvalue weighted by atomic mass is 16.5. The highest BCUT2D eigenvalue weighted by molar-refractivity contribution is 5.97. The van der Waals surface area contributed by atoms with Gasteiger partial charge in [-0.25, -0.2) is 0 Å². The summed E-state index contributed by atoms with van der Waals surface area (Å²) in [5.41, 5.74) is 1.77. The Morgan fingerprint density at radius 3 is 2.89 bits per heavy atom. The van der Waals surface area contributed by atoms with E-state index in [4.69, 9.17) is 4.74 Å². The lowest BCUT2D eigenvalue weighted by Gasteiger charge is -2.10. The lowest BCUT2D eigenvalue weighted by Crippen LogP contribution is -2.32. The van der Waals surface area contributed by atoms with E-state index in [1.54, 1.807) is 0 Å². The molecule has 1 N–H and O–H groups in total. The van der Waals surface area contributed by atoms with Crippen LogP contribution < -0.4 is 5.32 Å². The fourth-order valence-electron chi connectivity index (χ4n) is 2.02. The molecular formula is C15H19NO2. The molecule has 1 amide bonds. The molecule has 1 fully saturated rings. The molecule has 1 atom stereocenters. The third-order valence-electron chi connectivity index (χ3n) is 3.06. The molecule has 0 spiro atoms. The van der Waals surface area contributed by atoms with Crippen molar-refractivity contribution in [2.45, 2.75) is 25.9 Å². The number of rotatable bonds is 4.